The van der Waals surface area contributed by atoms with Gasteiger partial charge in [0.25, 0.3) is 0 Å². The number of hydrogen-bond acceptors (Lipinski definition) is 3. The largest absolute Gasteiger partial charge is 0.445 e. The monoisotopic (exact) mass is 269 g/mol. The van der Waals surface area contributed by atoms with Gasteiger partial charge in [-0.05, 0) is 19.4 Å². The van der Waals surface area contributed by atoms with Crippen LogP contribution in [0.25, 0.3) is 0 Å². The fraction of sp³-hybridized carbons (Fsp3) is 0.500. The Kier molecular flexibility index (Phi) is 5.76. The molecule has 0 aliphatic rings. The first-order chi connectivity index (χ1) is 8.90. The topological polar surface area (TPSA) is 58.6 Å². The third-order valence-electron chi connectivity index (χ3n) is 2.49. The predicted molar refractivity (Wildman–Crippen MR) is 70.4 cm³/mol. The number of halogens is 1. The van der Waals surface area contributed by atoms with Crippen LogP contribution >= 0.6 is 0 Å². The number of alkyl carbamates (subject to hydrolysis) is 1. The van der Waals surface area contributed by atoms with Crippen LogP contribution in [0.4, 0.5) is 9.18 Å². The van der Waals surface area contributed by atoms with Crippen molar-refractivity contribution in [2.45, 2.75) is 38.6 Å². The highest BCUT2D eigenvalue weighted by Gasteiger charge is 2.23. The molecule has 1 amide bonds. The standard InChI is InChI=1S/C14H20FNO3/c1-14(2,15)8-12(9-17)16-13(18)19-10-11-6-4-3-5-7-11/h3-7,12,17H,8-10H2,1-2H3,(H,16,18)/t12-/m0/s1. The summed E-state index contributed by atoms with van der Waals surface area (Å²) in [5.41, 5.74) is -0.593. The zero-order valence-corrected chi connectivity index (χ0v) is 11.2. The molecule has 0 fully saturated rings. The Morgan fingerprint density at radius 3 is 2.58 bits per heavy atom. The molecule has 4 nitrogen and oxygen atoms in total. The van der Waals surface area contributed by atoms with Crippen molar-refractivity contribution in [3.63, 3.8) is 0 Å². The van der Waals surface area contributed by atoms with Crippen LogP contribution in [-0.4, -0.2) is 29.5 Å². The highest BCUT2D eigenvalue weighted by Crippen LogP contribution is 2.16. The molecular weight excluding hydrogens is 249 g/mol. The summed E-state index contributed by atoms with van der Waals surface area (Å²) in [4.78, 5) is 11.5. The first-order valence-electron chi connectivity index (χ1n) is 6.18. The lowest BCUT2D eigenvalue weighted by Crippen LogP contribution is -2.41. The van der Waals surface area contributed by atoms with Gasteiger partial charge >= 0.3 is 6.09 Å². The molecule has 19 heavy (non-hydrogen) atoms. The molecule has 106 valence electrons. The summed E-state index contributed by atoms with van der Waals surface area (Å²) in [6.45, 7) is 2.61. The van der Waals surface area contributed by atoms with Crippen LogP contribution in [-0.2, 0) is 11.3 Å². The molecule has 1 aromatic rings. The van der Waals surface area contributed by atoms with E-state index < -0.39 is 17.8 Å². The molecule has 2 N–H and O–H groups in total. The maximum Gasteiger partial charge on any atom is 0.407 e. The lowest BCUT2D eigenvalue weighted by molar-refractivity contribution is 0.112. The molecule has 1 aromatic carbocycles. The van der Waals surface area contributed by atoms with Crippen LogP contribution < -0.4 is 5.32 Å². The van der Waals surface area contributed by atoms with E-state index in [4.69, 9.17) is 9.84 Å². The summed E-state index contributed by atoms with van der Waals surface area (Å²) in [6, 6.07) is 8.58. The summed E-state index contributed by atoms with van der Waals surface area (Å²) in [5, 5.41) is 11.5. The predicted octanol–water partition coefficient (Wildman–Crippen LogP) is 2.41. The number of aliphatic hydroxyl groups is 1. The Labute approximate surface area is 112 Å². The molecule has 0 saturated heterocycles. The van der Waals surface area contributed by atoms with E-state index in [-0.39, 0.29) is 19.6 Å². The van der Waals surface area contributed by atoms with Crippen LogP contribution in [0.15, 0.2) is 30.3 Å². The molecular formula is C14H20FNO3. The molecule has 5 heteroatoms. The zero-order chi connectivity index (χ0) is 14.3. The minimum atomic E-state index is -1.46. The summed E-state index contributed by atoms with van der Waals surface area (Å²) in [5.74, 6) is 0. The van der Waals surface area contributed by atoms with Crippen molar-refractivity contribution < 1.29 is 19.0 Å². The number of benzene rings is 1. The summed E-state index contributed by atoms with van der Waals surface area (Å²) in [6.07, 6.45) is -0.628. The Bertz CT molecular complexity index is 389. The van der Waals surface area contributed by atoms with Crippen LogP contribution in [0.2, 0.25) is 0 Å². The lowest BCUT2D eigenvalue weighted by atomic mass is 10.0. The summed E-state index contributed by atoms with van der Waals surface area (Å²) in [7, 11) is 0. The van der Waals surface area contributed by atoms with Crippen LogP contribution in [0.1, 0.15) is 25.8 Å². The van der Waals surface area contributed by atoms with E-state index in [0.29, 0.717) is 0 Å². The number of amides is 1. The quantitative estimate of drug-likeness (QED) is 0.833. The molecule has 0 aliphatic carbocycles. The number of hydrogen-bond donors (Lipinski definition) is 2. The van der Waals surface area contributed by atoms with Crippen LogP contribution in [0, 0.1) is 0 Å². The second-order valence-electron chi connectivity index (χ2n) is 5.01. The van der Waals surface area contributed by atoms with E-state index in [1.54, 1.807) is 0 Å². The van der Waals surface area contributed by atoms with Gasteiger partial charge in [0.15, 0.2) is 0 Å². The van der Waals surface area contributed by atoms with Gasteiger partial charge < -0.3 is 15.2 Å². The van der Waals surface area contributed by atoms with Crippen molar-refractivity contribution in [3.8, 4) is 0 Å². The number of alkyl halides is 1. The highest BCUT2D eigenvalue weighted by atomic mass is 19.1. The molecule has 0 radical (unpaired) electrons. The smallest absolute Gasteiger partial charge is 0.407 e. The van der Waals surface area contributed by atoms with Crippen molar-refractivity contribution in [2.24, 2.45) is 0 Å². The van der Waals surface area contributed by atoms with Gasteiger partial charge in [-0.1, -0.05) is 30.3 Å². The zero-order valence-electron chi connectivity index (χ0n) is 11.2. The fourth-order valence-corrected chi connectivity index (χ4v) is 1.68. The van der Waals surface area contributed by atoms with Crippen molar-refractivity contribution in [1.82, 2.24) is 5.32 Å². The van der Waals surface area contributed by atoms with Gasteiger partial charge in [-0.2, -0.15) is 0 Å². The van der Waals surface area contributed by atoms with E-state index in [9.17, 15) is 9.18 Å². The van der Waals surface area contributed by atoms with E-state index in [1.165, 1.54) is 13.8 Å². The molecule has 0 heterocycles. The maximum atomic E-state index is 13.4. The summed E-state index contributed by atoms with van der Waals surface area (Å²) >= 11 is 0. The second kappa shape index (κ2) is 7.09. The van der Waals surface area contributed by atoms with Crippen molar-refractivity contribution in [3.05, 3.63) is 35.9 Å². The number of nitrogens with one attached hydrogen (secondary N) is 1. The minimum Gasteiger partial charge on any atom is -0.445 e. The van der Waals surface area contributed by atoms with Gasteiger partial charge in [-0.3, -0.25) is 0 Å². The average molecular weight is 269 g/mol. The number of rotatable bonds is 6. The van der Waals surface area contributed by atoms with E-state index in [1.807, 2.05) is 30.3 Å². The van der Waals surface area contributed by atoms with Gasteiger partial charge in [0.1, 0.15) is 12.3 Å². The van der Waals surface area contributed by atoms with Crippen LogP contribution in [0.5, 0.6) is 0 Å². The number of ether oxygens (including phenoxy) is 1. The van der Waals surface area contributed by atoms with Crippen LogP contribution in [0.3, 0.4) is 0 Å². The normalized spacial score (nSPS) is 12.8. The first-order valence-corrected chi connectivity index (χ1v) is 6.18. The Morgan fingerprint density at radius 1 is 1.42 bits per heavy atom. The summed E-state index contributed by atoms with van der Waals surface area (Å²) < 4.78 is 18.4. The Hall–Kier alpha value is -1.62. The maximum absolute atomic E-state index is 13.4. The van der Waals surface area contributed by atoms with E-state index in [2.05, 4.69) is 5.32 Å². The second-order valence-corrected chi connectivity index (χ2v) is 5.01. The molecule has 0 aromatic heterocycles. The first kappa shape index (κ1) is 15.4. The van der Waals surface area contributed by atoms with E-state index >= 15 is 0 Å². The SMILES string of the molecule is CC(C)(F)C[C@@H](CO)NC(=O)OCc1ccccc1. The molecule has 1 atom stereocenters. The van der Waals surface area contributed by atoms with Gasteiger partial charge in [0, 0.05) is 6.42 Å². The van der Waals surface area contributed by atoms with Crippen molar-refractivity contribution in [1.29, 1.82) is 0 Å². The average Bonchev–Trinajstić information content (AvgIpc) is 2.35. The molecule has 0 aliphatic heterocycles. The number of aliphatic hydroxyl groups excluding tert-OH is 1. The van der Waals surface area contributed by atoms with Gasteiger partial charge in [0.2, 0.25) is 0 Å². The fourth-order valence-electron chi connectivity index (χ4n) is 1.68. The highest BCUT2D eigenvalue weighted by molar-refractivity contribution is 5.67. The number of carbonyl (C=O) groups excluding carboxylic acids is 1. The Morgan fingerprint density at radius 2 is 2.05 bits per heavy atom. The molecule has 0 bridgehead atoms. The molecule has 0 saturated carbocycles. The van der Waals surface area contributed by atoms with Gasteiger partial charge in [-0.15, -0.1) is 0 Å². The molecule has 0 unspecified atom stereocenters. The van der Waals surface area contributed by atoms with Gasteiger partial charge in [-0.25, -0.2) is 9.18 Å². The van der Waals surface area contributed by atoms with E-state index in [0.717, 1.165) is 5.56 Å². The van der Waals surface area contributed by atoms with Crippen molar-refractivity contribution >= 4 is 6.09 Å². The van der Waals surface area contributed by atoms with Gasteiger partial charge in [0.05, 0.1) is 12.6 Å². The Balaban J connectivity index is 2.37. The molecule has 1 rings (SSSR count). The lowest BCUT2D eigenvalue weighted by Gasteiger charge is -2.22. The van der Waals surface area contributed by atoms with Crippen molar-refractivity contribution in [2.75, 3.05) is 6.61 Å². The molecule has 0 spiro atoms. The third kappa shape index (κ3) is 6.76. The third-order valence-corrected chi connectivity index (χ3v) is 2.49. The minimum absolute atomic E-state index is 0.0317. The number of carbonyl (C=O) groups is 1.